The smallest absolute Gasteiger partial charge is 0.277 e. The molecular weight excluding hydrogens is 538 g/mol. The Morgan fingerprint density at radius 1 is 1.11 bits per heavy atom. The van der Waals surface area contributed by atoms with Gasteiger partial charge in [0.2, 0.25) is 15.9 Å². The number of amides is 1. The molecule has 0 saturated carbocycles. The lowest BCUT2D eigenvalue weighted by Crippen LogP contribution is -2.49. The molecule has 206 valence electrons. The van der Waals surface area contributed by atoms with Crippen molar-refractivity contribution in [3.05, 3.63) is 47.1 Å². The second-order valence-corrected chi connectivity index (χ2v) is 12.4. The third-order valence-corrected chi connectivity index (χ3v) is 9.59. The Labute approximate surface area is 226 Å². The summed E-state index contributed by atoms with van der Waals surface area (Å²) in [7, 11) is -3.78. The maximum absolute atomic E-state index is 15.3. The molecule has 3 aliphatic rings. The topological polar surface area (TPSA) is 112 Å². The number of aromatic nitrogens is 1. The van der Waals surface area contributed by atoms with Crippen LogP contribution in [0.25, 0.3) is 0 Å². The van der Waals surface area contributed by atoms with Gasteiger partial charge in [-0.2, -0.15) is 4.31 Å². The number of sulfonamides is 1. The van der Waals surface area contributed by atoms with Gasteiger partial charge in [-0.1, -0.05) is 11.6 Å². The van der Waals surface area contributed by atoms with Crippen molar-refractivity contribution in [2.45, 2.75) is 36.1 Å². The first-order valence-electron chi connectivity index (χ1n) is 12.7. The fourth-order valence-corrected chi connectivity index (χ4v) is 6.95. The zero-order valence-corrected chi connectivity index (χ0v) is 22.4. The molecule has 0 aliphatic carbocycles. The van der Waals surface area contributed by atoms with Crippen LogP contribution in [0.4, 0.5) is 20.3 Å². The third-order valence-electron chi connectivity index (χ3n) is 7.48. The number of hydrogen-bond donors (Lipinski definition) is 2. The summed E-state index contributed by atoms with van der Waals surface area (Å²) in [6.07, 6.45) is 1.38. The van der Waals surface area contributed by atoms with Crippen LogP contribution in [0.5, 0.6) is 0 Å². The van der Waals surface area contributed by atoms with Gasteiger partial charge in [0.15, 0.2) is 0 Å². The molecule has 13 heteroatoms. The van der Waals surface area contributed by atoms with Gasteiger partial charge in [0.1, 0.15) is 11.0 Å². The fraction of sp³-hybridized carbons (Fsp3) is 0.520. The fourth-order valence-electron chi connectivity index (χ4n) is 5.32. The van der Waals surface area contributed by atoms with Gasteiger partial charge < -0.3 is 20.9 Å². The number of nitrogens with one attached hydrogen (secondary N) is 1. The molecule has 1 amide bonds. The predicted octanol–water partition coefficient (Wildman–Crippen LogP) is 2.40. The van der Waals surface area contributed by atoms with Crippen molar-refractivity contribution < 1.29 is 22.0 Å². The maximum Gasteiger partial charge on any atom is 0.277 e. The van der Waals surface area contributed by atoms with Crippen molar-refractivity contribution >= 4 is 39.0 Å². The highest BCUT2D eigenvalue weighted by atomic mass is 35.5. The number of carbonyl (C=O) groups is 1. The third kappa shape index (κ3) is 5.37. The van der Waals surface area contributed by atoms with E-state index in [-0.39, 0.29) is 66.7 Å². The summed E-state index contributed by atoms with van der Waals surface area (Å²) in [5, 5.41) is 3.01. The normalized spacial score (nSPS) is 23.7. The van der Waals surface area contributed by atoms with Gasteiger partial charge in [-0.3, -0.25) is 4.79 Å². The van der Waals surface area contributed by atoms with Crippen LogP contribution in [-0.2, 0) is 20.7 Å². The summed E-state index contributed by atoms with van der Waals surface area (Å²) >= 11 is 6.15. The van der Waals surface area contributed by atoms with Crippen LogP contribution in [0.3, 0.4) is 0 Å². The molecule has 5 rings (SSSR count). The van der Waals surface area contributed by atoms with E-state index in [9.17, 15) is 13.2 Å². The average molecular weight is 569 g/mol. The van der Waals surface area contributed by atoms with Gasteiger partial charge in [0, 0.05) is 68.9 Å². The highest BCUT2D eigenvalue weighted by Crippen LogP contribution is 2.41. The van der Waals surface area contributed by atoms with Crippen LogP contribution in [0.1, 0.15) is 24.8 Å². The van der Waals surface area contributed by atoms with E-state index in [1.807, 2.05) is 0 Å². The lowest BCUT2D eigenvalue weighted by atomic mass is 9.88. The maximum atomic E-state index is 15.3. The van der Waals surface area contributed by atoms with Crippen molar-refractivity contribution in [3.8, 4) is 0 Å². The predicted molar refractivity (Wildman–Crippen MR) is 141 cm³/mol. The SMILES string of the molecule is N[C@@H]1CC(=O)N(c2ccc(S(=O)(=O)N3CCN(c4cc(C(F)(F)[C@H]5CCCNC5)cc(Cl)n4)CC3)cc2)C1. The molecule has 1 aromatic heterocycles. The second-order valence-electron chi connectivity index (χ2n) is 10.1. The Morgan fingerprint density at radius 2 is 1.82 bits per heavy atom. The number of piperidine rings is 1. The van der Waals surface area contributed by atoms with E-state index in [0.29, 0.717) is 30.9 Å². The largest absolute Gasteiger partial charge is 0.354 e. The van der Waals surface area contributed by atoms with E-state index in [4.69, 9.17) is 17.3 Å². The molecule has 4 heterocycles. The minimum atomic E-state index is -3.78. The van der Waals surface area contributed by atoms with E-state index < -0.39 is 21.9 Å². The number of nitrogens with two attached hydrogens (primary N) is 1. The molecule has 3 fully saturated rings. The van der Waals surface area contributed by atoms with Gasteiger partial charge in [0.25, 0.3) is 5.92 Å². The number of rotatable bonds is 6. The van der Waals surface area contributed by atoms with Gasteiger partial charge in [-0.15, -0.1) is 0 Å². The lowest BCUT2D eigenvalue weighted by Gasteiger charge is -2.35. The minimum absolute atomic E-state index is 0.0199. The molecule has 0 radical (unpaired) electrons. The van der Waals surface area contributed by atoms with Gasteiger partial charge in [0.05, 0.1) is 4.90 Å². The molecule has 9 nitrogen and oxygen atoms in total. The molecule has 2 aromatic rings. The van der Waals surface area contributed by atoms with Crippen molar-refractivity contribution in [2.24, 2.45) is 11.7 Å². The standard InChI is InChI=1S/C25H31ClF2N6O3S/c26-22-12-18(25(27,28)17-2-1-7-30-15-17)13-23(31-22)32-8-10-33(11-9-32)38(36,37)21-5-3-20(4-6-21)34-16-19(29)14-24(34)35/h3-6,12-13,17,19,30H,1-2,7-11,14-16,29H2/t17-,19+/m0/s1. The van der Waals surface area contributed by atoms with Crippen LogP contribution in [0.2, 0.25) is 5.15 Å². The van der Waals surface area contributed by atoms with Crippen molar-refractivity contribution in [1.29, 1.82) is 0 Å². The molecule has 0 bridgehead atoms. The Bertz CT molecular complexity index is 1280. The molecule has 3 N–H and O–H groups in total. The first-order chi connectivity index (χ1) is 18.1. The Kier molecular flexibility index (Phi) is 7.62. The molecule has 1 aromatic carbocycles. The quantitative estimate of drug-likeness (QED) is 0.515. The molecular formula is C25H31ClF2N6O3S. The van der Waals surface area contributed by atoms with E-state index in [2.05, 4.69) is 10.3 Å². The van der Waals surface area contributed by atoms with Crippen LogP contribution >= 0.6 is 11.6 Å². The number of piperazine rings is 1. The number of halogens is 3. The summed E-state index contributed by atoms with van der Waals surface area (Å²) in [6, 6.07) is 8.55. The Morgan fingerprint density at radius 3 is 2.42 bits per heavy atom. The van der Waals surface area contributed by atoms with Crippen molar-refractivity contribution in [3.63, 3.8) is 0 Å². The summed E-state index contributed by atoms with van der Waals surface area (Å²) < 4.78 is 58.4. The second kappa shape index (κ2) is 10.6. The lowest BCUT2D eigenvalue weighted by molar-refractivity contribution is -0.117. The highest BCUT2D eigenvalue weighted by molar-refractivity contribution is 7.89. The molecule has 38 heavy (non-hydrogen) atoms. The number of hydrogen-bond acceptors (Lipinski definition) is 7. The number of nitrogens with zero attached hydrogens (tertiary/aromatic N) is 4. The Hall–Kier alpha value is -2.38. The number of pyridine rings is 1. The monoisotopic (exact) mass is 568 g/mol. The van der Waals surface area contributed by atoms with Gasteiger partial charge in [-0.05, 0) is 55.8 Å². The van der Waals surface area contributed by atoms with Crippen LogP contribution < -0.4 is 20.9 Å². The number of alkyl halides is 2. The van der Waals surface area contributed by atoms with Crippen LogP contribution in [0.15, 0.2) is 41.3 Å². The zero-order valence-electron chi connectivity index (χ0n) is 20.8. The zero-order chi connectivity index (χ0) is 27.1. The van der Waals surface area contributed by atoms with Crippen LogP contribution in [-0.4, -0.2) is 75.5 Å². The van der Waals surface area contributed by atoms with Crippen molar-refractivity contribution in [2.75, 3.05) is 55.6 Å². The number of anilines is 2. The summed E-state index contributed by atoms with van der Waals surface area (Å²) in [5.41, 5.74) is 6.29. The van der Waals surface area contributed by atoms with E-state index in [1.54, 1.807) is 21.9 Å². The minimum Gasteiger partial charge on any atom is -0.354 e. The first kappa shape index (κ1) is 27.2. The van der Waals surface area contributed by atoms with Crippen molar-refractivity contribution in [1.82, 2.24) is 14.6 Å². The van der Waals surface area contributed by atoms with Crippen LogP contribution in [0, 0.1) is 5.92 Å². The average Bonchev–Trinajstić information content (AvgIpc) is 3.26. The summed E-state index contributed by atoms with van der Waals surface area (Å²) in [4.78, 5) is 19.8. The van der Waals surface area contributed by atoms with Gasteiger partial charge in [-0.25, -0.2) is 22.2 Å². The molecule has 3 aliphatic heterocycles. The van der Waals surface area contributed by atoms with Gasteiger partial charge >= 0.3 is 0 Å². The molecule has 3 saturated heterocycles. The highest BCUT2D eigenvalue weighted by Gasteiger charge is 2.42. The van der Waals surface area contributed by atoms with E-state index in [0.717, 1.165) is 6.54 Å². The summed E-state index contributed by atoms with van der Waals surface area (Å²) in [5.74, 6) is -3.66. The summed E-state index contributed by atoms with van der Waals surface area (Å²) in [6.45, 7) is 2.25. The molecule has 2 atom stereocenters. The first-order valence-corrected chi connectivity index (χ1v) is 14.6. The van der Waals surface area contributed by atoms with E-state index in [1.165, 1.54) is 28.6 Å². The Balaban J connectivity index is 1.27. The molecule has 0 spiro atoms. The number of benzene rings is 1. The molecule has 0 unspecified atom stereocenters. The van der Waals surface area contributed by atoms with E-state index >= 15 is 8.78 Å². The number of carbonyl (C=O) groups excluding carboxylic acids is 1.